The van der Waals surface area contributed by atoms with Gasteiger partial charge in [-0.3, -0.25) is 4.79 Å². The summed E-state index contributed by atoms with van der Waals surface area (Å²) in [4.78, 5) is 28.6. The van der Waals surface area contributed by atoms with E-state index in [-0.39, 0.29) is 16.6 Å². The lowest BCUT2D eigenvalue weighted by Crippen LogP contribution is -2.05. The quantitative estimate of drug-likeness (QED) is 0.353. The summed E-state index contributed by atoms with van der Waals surface area (Å²) in [5.74, 6) is -0.601. The maximum atomic E-state index is 11.8. The predicted octanol–water partition coefficient (Wildman–Crippen LogP) is 3.93. The van der Waals surface area contributed by atoms with Gasteiger partial charge in [-0.25, -0.2) is 18.2 Å². The Morgan fingerprint density at radius 3 is 2.40 bits per heavy atom. The van der Waals surface area contributed by atoms with Crippen LogP contribution in [0.5, 0.6) is 5.75 Å². The number of rotatable bonds is 6. The first kappa shape index (κ1) is 21.4. The minimum Gasteiger partial charge on any atom is -0.423 e. The van der Waals surface area contributed by atoms with Gasteiger partial charge in [-0.05, 0) is 29.8 Å². The zero-order chi connectivity index (χ0) is 21.9. The van der Waals surface area contributed by atoms with Gasteiger partial charge in [0.25, 0.3) is 0 Å². The number of nitrogens with one attached hydrogen (secondary N) is 1. The minimum atomic E-state index is -3.33. The van der Waals surface area contributed by atoms with Crippen LogP contribution in [0.15, 0.2) is 66.1 Å². The average Bonchev–Trinajstić information content (AvgIpc) is 3.10. The van der Waals surface area contributed by atoms with Crippen LogP contribution < -0.4 is 10.1 Å². The highest BCUT2D eigenvalue weighted by Gasteiger charge is 2.20. The second-order valence-corrected chi connectivity index (χ2v) is 9.31. The van der Waals surface area contributed by atoms with E-state index in [1.54, 1.807) is 36.4 Å². The smallest absolute Gasteiger partial charge is 0.335 e. The third-order valence-electron chi connectivity index (χ3n) is 3.97. The number of ether oxygens (including phenoxy) is 1. The van der Waals surface area contributed by atoms with Crippen LogP contribution in [0, 0.1) is 0 Å². The van der Waals surface area contributed by atoms with Gasteiger partial charge in [0, 0.05) is 24.8 Å². The molecule has 0 aliphatic rings. The Labute approximate surface area is 178 Å². The maximum Gasteiger partial charge on any atom is 0.335 e. The summed E-state index contributed by atoms with van der Waals surface area (Å²) >= 11 is 1.23. The number of anilines is 1. The second-order valence-electron chi connectivity index (χ2n) is 6.30. The molecule has 0 bridgehead atoms. The molecule has 2 aromatic carbocycles. The average molecular weight is 443 g/mol. The molecule has 1 amide bonds. The standard InChI is InChI=1S/C21H18N2O5S2/c1-4-18(25)28-17-8-6-5-7-16(17)19-20(29-21(23-19)22-13(2)24)14-9-11-15(12-10-14)30(3,26)27/h4-12H,1H2,2-3H3,(H,22,23,24). The molecular formula is C21H18N2O5S2. The number of hydrogen-bond donors (Lipinski definition) is 1. The molecule has 3 aromatic rings. The molecule has 0 aliphatic carbocycles. The van der Waals surface area contributed by atoms with Crippen LogP contribution in [0.1, 0.15) is 6.92 Å². The van der Waals surface area contributed by atoms with Gasteiger partial charge in [-0.15, -0.1) is 0 Å². The van der Waals surface area contributed by atoms with Crippen molar-refractivity contribution in [2.75, 3.05) is 11.6 Å². The van der Waals surface area contributed by atoms with E-state index in [0.29, 0.717) is 26.8 Å². The summed E-state index contributed by atoms with van der Waals surface area (Å²) in [7, 11) is -3.33. The molecule has 0 radical (unpaired) electrons. The van der Waals surface area contributed by atoms with Gasteiger partial charge in [0.2, 0.25) is 5.91 Å². The Kier molecular flexibility index (Phi) is 6.14. The molecule has 0 fully saturated rings. The number of aromatic nitrogens is 1. The highest BCUT2D eigenvalue weighted by atomic mass is 32.2. The number of hydrogen-bond acceptors (Lipinski definition) is 7. The fraction of sp³-hybridized carbons (Fsp3) is 0.0952. The number of benzene rings is 2. The molecule has 1 aromatic heterocycles. The molecule has 7 nitrogen and oxygen atoms in total. The zero-order valence-corrected chi connectivity index (χ0v) is 17.8. The van der Waals surface area contributed by atoms with Crippen molar-refractivity contribution >= 4 is 38.2 Å². The number of nitrogens with zero attached hydrogens (tertiary/aromatic N) is 1. The largest absolute Gasteiger partial charge is 0.423 e. The van der Waals surface area contributed by atoms with E-state index >= 15 is 0 Å². The minimum absolute atomic E-state index is 0.194. The predicted molar refractivity (Wildman–Crippen MR) is 116 cm³/mol. The molecule has 154 valence electrons. The van der Waals surface area contributed by atoms with E-state index in [1.165, 1.54) is 30.4 Å². The number of carbonyl (C=O) groups excluding carboxylic acids is 2. The summed E-state index contributed by atoms with van der Waals surface area (Å²) in [6.07, 6.45) is 2.20. The topological polar surface area (TPSA) is 102 Å². The van der Waals surface area contributed by atoms with Crippen molar-refractivity contribution in [1.82, 2.24) is 4.98 Å². The maximum absolute atomic E-state index is 11.8. The lowest BCUT2D eigenvalue weighted by molar-refractivity contribution is -0.128. The summed E-state index contributed by atoms with van der Waals surface area (Å²) in [6.45, 7) is 4.78. The lowest BCUT2D eigenvalue weighted by Gasteiger charge is -2.09. The van der Waals surface area contributed by atoms with Crippen LogP contribution in [-0.2, 0) is 19.4 Å². The molecule has 0 unspecified atom stereocenters. The number of para-hydroxylation sites is 1. The summed E-state index contributed by atoms with van der Waals surface area (Å²) < 4.78 is 28.8. The van der Waals surface area contributed by atoms with Crippen molar-refractivity contribution in [2.24, 2.45) is 0 Å². The highest BCUT2D eigenvalue weighted by molar-refractivity contribution is 7.90. The van der Waals surface area contributed by atoms with Gasteiger partial charge < -0.3 is 10.1 Å². The molecule has 0 spiro atoms. The van der Waals surface area contributed by atoms with Crippen LogP contribution in [0.2, 0.25) is 0 Å². The van der Waals surface area contributed by atoms with E-state index in [2.05, 4.69) is 16.9 Å². The van der Waals surface area contributed by atoms with Crippen LogP contribution in [0.25, 0.3) is 21.7 Å². The highest BCUT2D eigenvalue weighted by Crippen LogP contribution is 2.42. The van der Waals surface area contributed by atoms with Crippen molar-refractivity contribution in [1.29, 1.82) is 0 Å². The first-order chi connectivity index (χ1) is 14.2. The van der Waals surface area contributed by atoms with E-state index < -0.39 is 15.8 Å². The van der Waals surface area contributed by atoms with Gasteiger partial charge in [-0.2, -0.15) is 0 Å². The van der Waals surface area contributed by atoms with Crippen molar-refractivity contribution in [3.63, 3.8) is 0 Å². The lowest BCUT2D eigenvalue weighted by atomic mass is 10.1. The third kappa shape index (κ3) is 4.81. The van der Waals surface area contributed by atoms with Crippen LogP contribution in [0.4, 0.5) is 5.13 Å². The van der Waals surface area contributed by atoms with Crippen LogP contribution in [-0.4, -0.2) is 31.5 Å². The van der Waals surface area contributed by atoms with Crippen molar-refractivity contribution in [3.8, 4) is 27.4 Å². The molecule has 0 saturated heterocycles. The van der Waals surface area contributed by atoms with Crippen LogP contribution in [0.3, 0.4) is 0 Å². The van der Waals surface area contributed by atoms with Gasteiger partial charge in [0.15, 0.2) is 15.0 Å². The van der Waals surface area contributed by atoms with Gasteiger partial charge in [0.05, 0.1) is 15.5 Å². The molecule has 0 aliphatic heterocycles. The fourth-order valence-electron chi connectivity index (χ4n) is 2.66. The molecular weight excluding hydrogens is 424 g/mol. The number of esters is 1. The number of sulfone groups is 1. The monoisotopic (exact) mass is 442 g/mol. The Morgan fingerprint density at radius 1 is 1.13 bits per heavy atom. The summed E-state index contributed by atoms with van der Waals surface area (Å²) in [6, 6.07) is 13.2. The first-order valence-electron chi connectivity index (χ1n) is 8.71. The van der Waals surface area contributed by atoms with E-state index in [9.17, 15) is 18.0 Å². The fourth-order valence-corrected chi connectivity index (χ4v) is 4.32. The van der Waals surface area contributed by atoms with Gasteiger partial charge in [-0.1, -0.05) is 42.2 Å². The first-order valence-corrected chi connectivity index (χ1v) is 11.4. The summed E-state index contributed by atoms with van der Waals surface area (Å²) in [5.41, 5.74) is 1.74. The molecule has 0 saturated carbocycles. The number of amides is 1. The zero-order valence-electron chi connectivity index (χ0n) is 16.2. The van der Waals surface area contributed by atoms with Gasteiger partial charge in [0.1, 0.15) is 5.75 Å². The normalized spacial score (nSPS) is 11.0. The van der Waals surface area contributed by atoms with Crippen LogP contribution >= 0.6 is 11.3 Å². The molecule has 1 heterocycles. The van der Waals surface area contributed by atoms with E-state index in [0.717, 1.165) is 12.3 Å². The Balaban J connectivity index is 2.16. The Hall–Kier alpha value is -3.30. The Bertz CT molecular complexity index is 1230. The van der Waals surface area contributed by atoms with E-state index in [1.807, 2.05) is 0 Å². The van der Waals surface area contributed by atoms with Crippen molar-refractivity contribution in [2.45, 2.75) is 11.8 Å². The molecule has 30 heavy (non-hydrogen) atoms. The number of thiazole rings is 1. The van der Waals surface area contributed by atoms with Gasteiger partial charge >= 0.3 is 5.97 Å². The second kappa shape index (κ2) is 8.60. The van der Waals surface area contributed by atoms with Crippen molar-refractivity contribution < 1.29 is 22.7 Å². The summed E-state index contributed by atoms with van der Waals surface area (Å²) in [5, 5.41) is 3.03. The molecule has 3 rings (SSSR count). The Morgan fingerprint density at radius 2 is 1.80 bits per heavy atom. The molecule has 9 heteroatoms. The third-order valence-corrected chi connectivity index (χ3v) is 6.12. The molecule has 1 N–H and O–H groups in total. The number of carbonyl (C=O) groups is 2. The van der Waals surface area contributed by atoms with E-state index in [4.69, 9.17) is 4.74 Å². The molecule has 0 atom stereocenters. The van der Waals surface area contributed by atoms with Crippen molar-refractivity contribution in [3.05, 3.63) is 61.2 Å². The SMILES string of the molecule is C=CC(=O)Oc1ccccc1-c1nc(NC(C)=O)sc1-c1ccc(S(C)(=O)=O)cc1.